The predicted octanol–water partition coefficient (Wildman–Crippen LogP) is 2.76. The minimum absolute atomic E-state index is 0.144. The van der Waals surface area contributed by atoms with E-state index in [-0.39, 0.29) is 5.60 Å². The number of thioether (sulfide) groups is 1. The third kappa shape index (κ3) is 3.30. The average molecular weight is 309 g/mol. The molecule has 5 heteroatoms. The maximum atomic E-state index is 6.18. The lowest BCUT2D eigenvalue weighted by Crippen LogP contribution is -2.44. The Kier molecular flexibility index (Phi) is 4.92. The van der Waals surface area contributed by atoms with Crippen molar-refractivity contribution >= 4 is 11.8 Å². The van der Waals surface area contributed by atoms with Gasteiger partial charge in [0.05, 0.1) is 11.6 Å². The molecule has 2 saturated heterocycles. The van der Waals surface area contributed by atoms with Gasteiger partial charge >= 0.3 is 0 Å². The first-order chi connectivity index (χ1) is 10.2. The zero-order valence-electron chi connectivity index (χ0n) is 13.2. The Labute approximate surface area is 132 Å². The van der Waals surface area contributed by atoms with Crippen LogP contribution in [-0.2, 0) is 11.8 Å². The first-order valence-electron chi connectivity index (χ1n) is 8.16. The van der Waals surface area contributed by atoms with Crippen LogP contribution in [0.3, 0.4) is 0 Å². The number of aryl methyl sites for hydroxylation is 1. The van der Waals surface area contributed by atoms with Crippen molar-refractivity contribution in [1.29, 1.82) is 0 Å². The first kappa shape index (κ1) is 15.4. The summed E-state index contributed by atoms with van der Waals surface area (Å²) in [6.07, 6.45) is 8.65. The predicted molar refractivity (Wildman–Crippen MR) is 87.6 cm³/mol. The van der Waals surface area contributed by atoms with Gasteiger partial charge in [0.25, 0.3) is 0 Å². The molecule has 0 aromatic carbocycles. The quantitative estimate of drug-likeness (QED) is 0.908. The van der Waals surface area contributed by atoms with Crippen molar-refractivity contribution in [2.75, 3.05) is 24.7 Å². The Morgan fingerprint density at radius 3 is 3.19 bits per heavy atom. The van der Waals surface area contributed by atoms with Crippen LogP contribution in [0.2, 0.25) is 0 Å². The van der Waals surface area contributed by atoms with Crippen molar-refractivity contribution in [2.24, 2.45) is 13.0 Å². The van der Waals surface area contributed by atoms with Crippen LogP contribution in [0.5, 0.6) is 0 Å². The molecule has 2 aliphatic heterocycles. The van der Waals surface area contributed by atoms with Gasteiger partial charge in [0.15, 0.2) is 0 Å². The Hall–Kier alpha value is -0.520. The van der Waals surface area contributed by atoms with Gasteiger partial charge in [0.1, 0.15) is 5.82 Å². The Morgan fingerprint density at radius 2 is 2.52 bits per heavy atom. The molecule has 1 aromatic rings. The topological polar surface area (TPSA) is 39.1 Å². The molecule has 3 atom stereocenters. The van der Waals surface area contributed by atoms with Gasteiger partial charge in [-0.1, -0.05) is 6.92 Å². The van der Waals surface area contributed by atoms with Gasteiger partial charge in [-0.25, -0.2) is 4.98 Å². The molecule has 2 aliphatic rings. The molecule has 1 N–H and O–H groups in total. The molecule has 0 aliphatic carbocycles. The van der Waals surface area contributed by atoms with Crippen LogP contribution in [0.25, 0.3) is 0 Å². The molecule has 0 radical (unpaired) electrons. The maximum absolute atomic E-state index is 6.18. The fourth-order valence-corrected chi connectivity index (χ4v) is 5.04. The van der Waals surface area contributed by atoms with Crippen molar-refractivity contribution in [3.8, 4) is 0 Å². The average Bonchev–Trinajstić information content (AvgIpc) is 3.10. The summed E-state index contributed by atoms with van der Waals surface area (Å²) in [5.74, 6) is 4.23. The monoisotopic (exact) mass is 309 g/mol. The number of imidazole rings is 1. The second-order valence-electron chi connectivity index (χ2n) is 6.42. The third-order valence-electron chi connectivity index (χ3n) is 4.82. The summed E-state index contributed by atoms with van der Waals surface area (Å²) in [5.41, 5.74) is 0.144. The highest BCUT2D eigenvalue weighted by Gasteiger charge is 2.43. The minimum Gasteiger partial charge on any atom is -0.374 e. The van der Waals surface area contributed by atoms with E-state index in [0.717, 1.165) is 26.0 Å². The summed E-state index contributed by atoms with van der Waals surface area (Å²) >= 11 is 2.05. The van der Waals surface area contributed by atoms with E-state index < -0.39 is 0 Å². The standard InChI is InChI=1S/C16H27N3OS/c1-3-6-17-14(15-18-7-8-19(15)2)13-4-9-20-16(11-13)5-10-21-12-16/h7-8,13-14,17H,3-6,9-12H2,1-2H3. The largest absolute Gasteiger partial charge is 0.374 e. The smallest absolute Gasteiger partial charge is 0.125 e. The van der Waals surface area contributed by atoms with Crippen LogP contribution in [0, 0.1) is 5.92 Å². The van der Waals surface area contributed by atoms with E-state index in [0.29, 0.717) is 12.0 Å². The molecule has 3 rings (SSSR count). The van der Waals surface area contributed by atoms with Crippen LogP contribution in [0.15, 0.2) is 12.4 Å². The van der Waals surface area contributed by atoms with Crippen LogP contribution >= 0.6 is 11.8 Å². The lowest BCUT2D eigenvalue weighted by molar-refractivity contribution is -0.0859. The summed E-state index contributed by atoms with van der Waals surface area (Å²) in [4.78, 5) is 4.61. The Morgan fingerprint density at radius 1 is 1.62 bits per heavy atom. The van der Waals surface area contributed by atoms with Crippen molar-refractivity contribution in [3.63, 3.8) is 0 Å². The van der Waals surface area contributed by atoms with E-state index in [1.165, 1.54) is 30.2 Å². The molecule has 1 aromatic heterocycles. The molecule has 2 fully saturated rings. The van der Waals surface area contributed by atoms with Crippen molar-refractivity contribution in [1.82, 2.24) is 14.9 Å². The fourth-order valence-electron chi connectivity index (χ4n) is 3.66. The Bertz CT molecular complexity index is 456. The second-order valence-corrected chi connectivity index (χ2v) is 7.52. The normalized spacial score (nSPS) is 30.9. The molecule has 3 heterocycles. The number of nitrogens with zero attached hydrogens (tertiary/aromatic N) is 2. The van der Waals surface area contributed by atoms with Crippen LogP contribution < -0.4 is 5.32 Å². The van der Waals surface area contributed by atoms with E-state index in [1.807, 2.05) is 18.0 Å². The van der Waals surface area contributed by atoms with Gasteiger partial charge in [-0.2, -0.15) is 11.8 Å². The molecule has 4 nitrogen and oxygen atoms in total. The van der Waals surface area contributed by atoms with Gasteiger partial charge < -0.3 is 14.6 Å². The highest BCUT2D eigenvalue weighted by molar-refractivity contribution is 7.99. The molecule has 1 spiro atoms. The van der Waals surface area contributed by atoms with E-state index in [2.05, 4.69) is 35.0 Å². The van der Waals surface area contributed by atoms with Crippen LogP contribution in [0.4, 0.5) is 0 Å². The summed E-state index contributed by atoms with van der Waals surface area (Å²) in [6, 6.07) is 0.358. The highest BCUT2D eigenvalue weighted by atomic mass is 32.2. The molecule has 0 bridgehead atoms. The van der Waals surface area contributed by atoms with E-state index >= 15 is 0 Å². The van der Waals surface area contributed by atoms with Crippen LogP contribution in [0.1, 0.15) is 44.5 Å². The first-order valence-corrected chi connectivity index (χ1v) is 9.32. The number of hydrogen-bond acceptors (Lipinski definition) is 4. The molecule has 3 unspecified atom stereocenters. The summed E-state index contributed by atoms with van der Waals surface area (Å²) in [5, 5.41) is 3.74. The molecule has 118 valence electrons. The van der Waals surface area contributed by atoms with Gasteiger partial charge in [-0.05, 0) is 43.9 Å². The summed E-state index contributed by atoms with van der Waals surface area (Å²) in [6.45, 7) is 4.18. The number of nitrogens with one attached hydrogen (secondary N) is 1. The van der Waals surface area contributed by atoms with Crippen molar-refractivity contribution in [3.05, 3.63) is 18.2 Å². The van der Waals surface area contributed by atoms with Gasteiger partial charge in [0, 0.05) is 31.8 Å². The molecule has 0 saturated carbocycles. The van der Waals surface area contributed by atoms with E-state index in [1.54, 1.807) is 0 Å². The third-order valence-corrected chi connectivity index (χ3v) is 6.04. The van der Waals surface area contributed by atoms with E-state index in [9.17, 15) is 0 Å². The Balaban J connectivity index is 1.77. The molecular formula is C16H27N3OS. The number of hydrogen-bond donors (Lipinski definition) is 1. The fraction of sp³-hybridized carbons (Fsp3) is 0.812. The maximum Gasteiger partial charge on any atom is 0.125 e. The second kappa shape index (κ2) is 6.71. The minimum atomic E-state index is 0.144. The summed E-state index contributed by atoms with van der Waals surface area (Å²) in [7, 11) is 2.10. The van der Waals surface area contributed by atoms with Crippen molar-refractivity contribution in [2.45, 2.75) is 44.2 Å². The highest BCUT2D eigenvalue weighted by Crippen LogP contribution is 2.43. The van der Waals surface area contributed by atoms with Gasteiger partial charge in [-0.3, -0.25) is 0 Å². The van der Waals surface area contributed by atoms with Crippen molar-refractivity contribution < 1.29 is 4.74 Å². The summed E-state index contributed by atoms with van der Waals surface area (Å²) < 4.78 is 8.35. The molecule has 0 amide bonds. The molecular weight excluding hydrogens is 282 g/mol. The SMILES string of the molecule is CCCNC(c1nccn1C)C1CCOC2(CCSC2)C1. The number of rotatable bonds is 5. The van der Waals surface area contributed by atoms with Gasteiger partial charge in [0.2, 0.25) is 0 Å². The number of ether oxygens (including phenoxy) is 1. The lowest BCUT2D eigenvalue weighted by atomic mass is 9.81. The zero-order chi connectivity index (χ0) is 14.7. The molecule has 21 heavy (non-hydrogen) atoms. The van der Waals surface area contributed by atoms with Crippen LogP contribution in [-0.4, -0.2) is 39.8 Å². The number of aromatic nitrogens is 2. The zero-order valence-corrected chi connectivity index (χ0v) is 14.0. The lowest BCUT2D eigenvalue weighted by Gasteiger charge is -2.41. The van der Waals surface area contributed by atoms with Gasteiger partial charge in [-0.15, -0.1) is 0 Å². The van der Waals surface area contributed by atoms with E-state index in [4.69, 9.17) is 4.74 Å².